The van der Waals surface area contributed by atoms with E-state index in [4.69, 9.17) is 14.9 Å². The van der Waals surface area contributed by atoms with Gasteiger partial charge in [0.15, 0.2) is 0 Å². The summed E-state index contributed by atoms with van der Waals surface area (Å²) in [6, 6.07) is 13.0. The minimum Gasteiger partial charge on any atom is -0.476 e. The number of carbonyl (C=O) groups is 1. The molecule has 0 spiro atoms. The van der Waals surface area contributed by atoms with Gasteiger partial charge in [0.1, 0.15) is 17.1 Å². The standard InChI is InChI=1S/C17H12FNO4/c18-12-5-1-11(2-6-12)16(17(19)21)22-13-7-3-10-4-8-15(20)23-14(10)9-13/h1-9,16H,(H2,19,21). The highest BCUT2D eigenvalue weighted by Gasteiger charge is 2.20. The molecule has 116 valence electrons. The summed E-state index contributed by atoms with van der Waals surface area (Å²) < 4.78 is 23.6. The van der Waals surface area contributed by atoms with Gasteiger partial charge in [-0.3, -0.25) is 4.79 Å². The molecule has 0 radical (unpaired) electrons. The summed E-state index contributed by atoms with van der Waals surface area (Å²) in [7, 11) is 0. The van der Waals surface area contributed by atoms with Crippen LogP contribution in [0.2, 0.25) is 0 Å². The molecule has 0 aliphatic carbocycles. The summed E-state index contributed by atoms with van der Waals surface area (Å²) in [6.45, 7) is 0. The van der Waals surface area contributed by atoms with Crippen LogP contribution in [0.25, 0.3) is 11.0 Å². The highest BCUT2D eigenvalue weighted by atomic mass is 19.1. The first-order valence-corrected chi connectivity index (χ1v) is 6.78. The summed E-state index contributed by atoms with van der Waals surface area (Å²) in [5, 5.41) is 0.717. The number of ether oxygens (including phenoxy) is 1. The molecule has 1 amide bonds. The Bertz CT molecular complexity index is 918. The minimum atomic E-state index is -1.08. The van der Waals surface area contributed by atoms with Gasteiger partial charge < -0.3 is 14.9 Å². The molecule has 1 heterocycles. The van der Waals surface area contributed by atoms with Crippen LogP contribution >= 0.6 is 0 Å². The van der Waals surface area contributed by atoms with Crippen LogP contribution in [0.4, 0.5) is 4.39 Å². The highest BCUT2D eigenvalue weighted by molar-refractivity contribution is 5.81. The lowest BCUT2D eigenvalue weighted by molar-refractivity contribution is -0.125. The predicted octanol–water partition coefficient (Wildman–Crippen LogP) is 2.54. The molecule has 5 nitrogen and oxygen atoms in total. The maximum Gasteiger partial charge on any atom is 0.336 e. The van der Waals surface area contributed by atoms with Crippen molar-refractivity contribution in [3.8, 4) is 5.75 Å². The molecule has 0 aliphatic rings. The van der Waals surface area contributed by atoms with Crippen molar-refractivity contribution in [2.75, 3.05) is 0 Å². The third-order valence-electron chi connectivity index (χ3n) is 3.28. The van der Waals surface area contributed by atoms with E-state index >= 15 is 0 Å². The van der Waals surface area contributed by atoms with E-state index in [1.165, 1.54) is 36.4 Å². The maximum absolute atomic E-state index is 13.0. The number of rotatable bonds is 4. The Morgan fingerprint density at radius 3 is 2.48 bits per heavy atom. The fraction of sp³-hybridized carbons (Fsp3) is 0.0588. The van der Waals surface area contributed by atoms with Gasteiger partial charge in [0, 0.05) is 23.1 Å². The third kappa shape index (κ3) is 3.21. The first kappa shape index (κ1) is 14.8. The number of hydrogen-bond donors (Lipinski definition) is 1. The van der Waals surface area contributed by atoms with Crippen molar-refractivity contribution < 1.29 is 18.3 Å². The average Bonchev–Trinajstić information content (AvgIpc) is 2.53. The first-order valence-electron chi connectivity index (χ1n) is 6.78. The van der Waals surface area contributed by atoms with Gasteiger partial charge in [0.25, 0.3) is 5.91 Å². The van der Waals surface area contributed by atoms with Crippen molar-refractivity contribution in [2.45, 2.75) is 6.10 Å². The Kier molecular flexibility index (Phi) is 3.80. The number of fused-ring (bicyclic) bond motifs is 1. The molecule has 3 aromatic rings. The van der Waals surface area contributed by atoms with Gasteiger partial charge in [-0.1, -0.05) is 12.1 Å². The normalized spacial score (nSPS) is 12.0. The van der Waals surface area contributed by atoms with Gasteiger partial charge in [-0.25, -0.2) is 9.18 Å². The minimum absolute atomic E-state index is 0.306. The molecule has 3 rings (SSSR count). The fourth-order valence-corrected chi connectivity index (χ4v) is 2.18. The van der Waals surface area contributed by atoms with Crippen molar-refractivity contribution >= 4 is 16.9 Å². The summed E-state index contributed by atoms with van der Waals surface area (Å²) in [4.78, 5) is 22.9. The van der Waals surface area contributed by atoms with Gasteiger partial charge >= 0.3 is 5.63 Å². The molecular weight excluding hydrogens is 301 g/mol. The summed E-state index contributed by atoms with van der Waals surface area (Å²) in [5.74, 6) is -0.837. The maximum atomic E-state index is 13.0. The predicted molar refractivity (Wildman–Crippen MR) is 81.4 cm³/mol. The van der Waals surface area contributed by atoms with Crippen molar-refractivity contribution in [1.82, 2.24) is 0 Å². The SMILES string of the molecule is NC(=O)C(Oc1ccc2ccc(=O)oc2c1)c1ccc(F)cc1. The second-order valence-corrected chi connectivity index (χ2v) is 4.91. The van der Waals surface area contributed by atoms with E-state index in [0.717, 1.165) is 0 Å². The highest BCUT2D eigenvalue weighted by Crippen LogP contribution is 2.25. The zero-order valence-corrected chi connectivity index (χ0v) is 11.9. The molecule has 2 aromatic carbocycles. The summed E-state index contributed by atoms with van der Waals surface area (Å²) in [5.41, 5.74) is 5.63. The van der Waals surface area contributed by atoms with Crippen LogP contribution in [0.3, 0.4) is 0 Å². The van der Waals surface area contributed by atoms with Crippen LogP contribution in [0.1, 0.15) is 11.7 Å². The van der Waals surface area contributed by atoms with Crippen LogP contribution in [0.5, 0.6) is 5.75 Å². The van der Waals surface area contributed by atoms with E-state index in [-0.39, 0.29) is 0 Å². The number of nitrogens with two attached hydrogens (primary N) is 1. The van der Waals surface area contributed by atoms with Gasteiger partial charge in [-0.05, 0) is 30.3 Å². The molecule has 0 saturated heterocycles. The van der Waals surface area contributed by atoms with Crippen molar-refractivity contribution in [3.63, 3.8) is 0 Å². The molecule has 0 saturated carbocycles. The molecule has 6 heteroatoms. The van der Waals surface area contributed by atoms with Crippen molar-refractivity contribution in [2.24, 2.45) is 5.73 Å². The number of primary amides is 1. The number of benzene rings is 2. The molecule has 0 bridgehead atoms. The van der Waals surface area contributed by atoms with Gasteiger partial charge in [-0.15, -0.1) is 0 Å². The van der Waals surface area contributed by atoms with Crippen molar-refractivity contribution in [3.05, 3.63) is 76.4 Å². The van der Waals surface area contributed by atoms with Crippen LogP contribution in [0, 0.1) is 5.82 Å². The number of amides is 1. The van der Waals surface area contributed by atoms with E-state index in [1.807, 2.05) is 0 Å². The zero-order valence-electron chi connectivity index (χ0n) is 11.9. The van der Waals surface area contributed by atoms with Gasteiger partial charge in [0.2, 0.25) is 6.10 Å². The van der Waals surface area contributed by atoms with Crippen LogP contribution < -0.4 is 16.1 Å². The molecule has 1 unspecified atom stereocenters. The Morgan fingerprint density at radius 1 is 1.09 bits per heavy atom. The Balaban J connectivity index is 1.95. The van der Waals surface area contributed by atoms with Gasteiger partial charge in [0.05, 0.1) is 0 Å². The fourth-order valence-electron chi connectivity index (χ4n) is 2.18. The lowest BCUT2D eigenvalue weighted by Crippen LogP contribution is -2.26. The van der Waals surface area contributed by atoms with E-state index in [0.29, 0.717) is 22.3 Å². The molecule has 0 fully saturated rings. The molecule has 1 atom stereocenters. The van der Waals surface area contributed by atoms with Crippen LogP contribution in [0.15, 0.2) is 63.8 Å². The molecule has 23 heavy (non-hydrogen) atoms. The van der Waals surface area contributed by atoms with E-state index in [9.17, 15) is 14.0 Å². The molecule has 2 N–H and O–H groups in total. The van der Waals surface area contributed by atoms with Crippen molar-refractivity contribution in [1.29, 1.82) is 0 Å². The number of hydrogen-bond acceptors (Lipinski definition) is 4. The Morgan fingerprint density at radius 2 is 1.78 bits per heavy atom. The second-order valence-electron chi connectivity index (χ2n) is 4.91. The third-order valence-corrected chi connectivity index (χ3v) is 3.28. The van der Waals surface area contributed by atoms with Crippen LogP contribution in [-0.4, -0.2) is 5.91 Å². The second kappa shape index (κ2) is 5.92. The molecular formula is C17H12FNO4. The number of halogens is 1. The summed E-state index contributed by atoms with van der Waals surface area (Å²) >= 11 is 0. The van der Waals surface area contributed by atoms with E-state index in [2.05, 4.69) is 0 Å². The largest absolute Gasteiger partial charge is 0.476 e. The Hall–Kier alpha value is -3.15. The average molecular weight is 313 g/mol. The lowest BCUT2D eigenvalue weighted by atomic mass is 10.1. The quantitative estimate of drug-likeness (QED) is 0.750. The Labute approximate surface area is 130 Å². The number of carbonyl (C=O) groups excluding carboxylic acids is 1. The molecule has 0 aliphatic heterocycles. The lowest BCUT2D eigenvalue weighted by Gasteiger charge is -2.16. The van der Waals surface area contributed by atoms with Crippen LogP contribution in [-0.2, 0) is 4.79 Å². The van der Waals surface area contributed by atoms with E-state index in [1.54, 1.807) is 18.2 Å². The van der Waals surface area contributed by atoms with Gasteiger partial charge in [-0.2, -0.15) is 0 Å². The smallest absolute Gasteiger partial charge is 0.336 e. The monoisotopic (exact) mass is 313 g/mol. The zero-order chi connectivity index (χ0) is 16.4. The first-order chi connectivity index (χ1) is 11.0. The summed E-state index contributed by atoms with van der Waals surface area (Å²) in [6.07, 6.45) is -1.08. The molecule has 1 aromatic heterocycles. The van der Waals surface area contributed by atoms with E-state index < -0.39 is 23.5 Å². The topological polar surface area (TPSA) is 82.5 Å².